The summed E-state index contributed by atoms with van der Waals surface area (Å²) in [5, 5.41) is 11.8. The van der Waals surface area contributed by atoms with Gasteiger partial charge >= 0.3 is 0 Å². The summed E-state index contributed by atoms with van der Waals surface area (Å²) in [7, 11) is 0. The molecule has 1 aliphatic rings. The number of anilines is 1. The first-order valence-corrected chi connectivity index (χ1v) is 4.23. The molecular formula is C7H7N3S. The average molecular weight is 165 g/mol. The molecule has 0 radical (unpaired) electrons. The monoisotopic (exact) mass is 165 g/mol. The van der Waals surface area contributed by atoms with Crippen molar-refractivity contribution < 1.29 is 0 Å². The predicted octanol–water partition coefficient (Wildman–Crippen LogP) is 2.45. The van der Waals surface area contributed by atoms with Crippen LogP contribution in [0.5, 0.6) is 0 Å². The molecule has 0 unspecified atom stereocenters. The third-order valence-corrected chi connectivity index (χ3v) is 2.12. The smallest absolute Gasteiger partial charge is 0.135 e. The van der Waals surface area contributed by atoms with Crippen LogP contribution in [0.2, 0.25) is 0 Å². The van der Waals surface area contributed by atoms with E-state index in [9.17, 15) is 0 Å². The Bertz CT molecular complexity index is 276. The molecular weight excluding hydrogens is 158 g/mol. The number of thiophene rings is 1. The molecule has 0 amide bonds. The molecule has 0 saturated carbocycles. The molecule has 1 aromatic rings. The van der Waals surface area contributed by atoms with Gasteiger partial charge in [0, 0.05) is 11.6 Å². The second kappa shape index (κ2) is 2.84. The zero-order chi connectivity index (χ0) is 7.52. The Balaban J connectivity index is 2.19. The molecule has 11 heavy (non-hydrogen) atoms. The maximum Gasteiger partial charge on any atom is 0.135 e. The molecule has 0 aliphatic carbocycles. The highest BCUT2D eigenvalue weighted by atomic mass is 32.1. The molecule has 3 nitrogen and oxygen atoms in total. The SMILES string of the molecule is C1=CN(c2ccsc2)CN=N1. The molecule has 0 fully saturated rings. The van der Waals surface area contributed by atoms with Crippen LogP contribution >= 0.6 is 11.3 Å². The third-order valence-electron chi connectivity index (χ3n) is 1.45. The summed E-state index contributed by atoms with van der Waals surface area (Å²) in [6, 6.07) is 2.07. The summed E-state index contributed by atoms with van der Waals surface area (Å²) in [6.07, 6.45) is 3.62. The standard InChI is InChI=1S/C7H7N3S/c1-4-11-5-7(1)10-3-2-8-9-6-10/h1-5H,6H2. The van der Waals surface area contributed by atoms with Crippen molar-refractivity contribution in [2.45, 2.75) is 0 Å². The lowest BCUT2D eigenvalue weighted by Gasteiger charge is -2.16. The fraction of sp³-hybridized carbons (Fsp3) is 0.143. The fourth-order valence-electron chi connectivity index (χ4n) is 0.898. The number of hydrogen-bond acceptors (Lipinski definition) is 4. The van der Waals surface area contributed by atoms with E-state index in [-0.39, 0.29) is 0 Å². The zero-order valence-corrected chi connectivity index (χ0v) is 6.66. The van der Waals surface area contributed by atoms with Crippen molar-refractivity contribution >= 4 is 17.0 Å². The minimum Gasteiger partial charge on any atom is -0.324 e. The van der Waals surface area contributed by atoms with Gasteiger partial charge in [-0.2, -0.15) is 21.6 Å². The first-order valence-electron chi connectivity index (χ1n) is 3.29. The van der Waals surface area contributed by atoms with E-state index in [0.717, 1.165) is 0 Å². The van der Waals surface area contributed by atoms with Crippen LogP contribution in [-0.4, -0.2) is 6.67 Å². The van der Waals surface area contributed by atoms with E-state index in [0.29, 0.717) is 6.67 Å². The summed E-state index contributed by atoms with van der Waals surface area (Å²) in [4.78, 5) is 2.05. The topological polar surface area (TPSA) is 28.0 Å². The Morgan fingerprint density at radius 1 is 1.55 bits per heavy atom. The lowest BCUT2D eigenvalue weighted by Crippen LogP contribution is -2.16. The zero-order valence-electron chi connectivity index (χ0n) is 5.84. The van der Waals surface area contributed by atoms with Crippen molar-refractivity contribution in [3.05, 3.63) is 29.2 Å². The highest BCUT2D eigenvalue weighted by molar-refractivity contribution is 7.08. The van der Waals surface area contributed by atoms with Gasteiger partial charge in [-0.1, -0.05) is 0 Å². The van der Waals surface area contributed by atoms with Gasteiger partial charge in [0.1, 0.15) is 6.67 Å². The molecule has 2 rings (SSSR count). The Hall–Kier alpha value is -1.16. The first-order chi connectivity index (χ1) is 5.47. The van der Waals surface area contributed by atoms with Crippen LogP contribution in [0.25, 0.3) is 0 Å². The Kier molecular flexibility index (Phi) is 1.69. The summed E-state index contributed by atoms with van der Waals surface area (Å²) in [5.74, 6) is 0. The minimum absolute atomic E-state index is 0.632. The second-order valence-electron chi connectivity index (χ2n) is 2.15. The van der Waals surface area contributed by atoms with E-state index in [4.69, 9.17) is 0 Å². The molecule has 2 heterocycles. The molecule has 1 aromatic heterocycles. The third kappa shape index (κ3) is 1.30. The molecule has 4 heteroatoms. The highest BCUT2D eigenvalue weighted by Gasteiger charge is 2.03. The summed E-state index contributed by atoms with van der Waals surface area (Å²) in [5.41, 5.74) is 1.19. The Morgan fingerprint density at radius 3 is 3.18 bits per heavy atom. The van der Waals surface area contributed by atoms with E-state index >= 15 is 0 Å². The fourth-order valence-corrected chi connectivity index (χ4v) is 1.55. The normalized spacial score (nSPS) is 15.8. The van der Waals surface area contributed by atoms with Crippen molar-refractivity contribution in [2.24, 2.45) is 10.2 Å². The van der Waals surface area contributed by atoms with Gasteiger partial charge in [-0.05, 0) is 11.4 Å². The molecule has 56 valence electrons. The lowest BCUT2D eigenvalue weighted by molar-refractivity contribution is 0.874. The number of rotatable bonds is 1. The molecule has 0 spiro atoms. The molecule has 0 N–H and O–H groups in total. The number of nitrogens with zero attached hydrogens (tertiary/aromatic N) is 3. The predicted molar refractivity (Wildman–Crippen MR) is 45.7 cm³/mol. The van der Waals surface area contributed by atoms with Gasteiger partial charge in [-0.15, -0.1) is 0 Å². The quantitative estimate of drug-likeness (QED) is 0.628. The molecule has 1 aliphatic heterocycles. The largest absolute Gasteiger partial charge is 0.324 e. The van der Waals surface area contributed by atoms with Crippen LogP contribution in [0.15, 0.2) is 39.5 Å². The van der Waals surface area contributed by atoms with Crippen LogP contribution < -0.4 is 4.90 Å². The minimum atomic E-state index is 0.632. The van der Waals surface area contributed by atoms with Crippen LogP contribution in [0.4, 0.5) is 5.69 Å². The maximum absolute atomic E-state index is 3.88. The van der Waals surface area contributed by atoms with Crippen molar-refractivity contribution in [2.75, 3.05) is 11.6 Å². The molecule has 0 atom stereocenters. The van der Waals surface area contributed by atoms with E-state index < -0.39 is 0 Å². The van der Waals surface area contributed by atoms with Crippen molar-refractivity contribution in [3.63, 3.8) is 0 Å². The molecule has 0 saturated heterocycles. The Morgan fingerprint density at radius 2 is 2.55 bits per heavy atom. The van der Waals surface area contributed by atoms with E-state index in [2.05, 4.69) is 27.1 Å². The van der Waals surface area contributed by atoms with Gasteiger partial charge in [0.2, 0.25) is 0 Å². The van der Waals surface area contributed by atoms with Gasteiger partial charge in [0.05, 0.1) is 11.9 Å². The van der Waals surface area contributed by atoms with Crippen LogP contribution in [0, 0.1) is 0 Å². The van der Waals surface area contributed by atoms with Crippen LogP contribution in [-0.2, 0) is 0 Å². The maximum atomic E-state index is 3.88. The van der Waals surface area contributed by atoms with Crippen molar-refractivity contribution in [1.29, 1.82) is 0 Å². The van der Waals surface area contributed by atoms with Gasteiger partial charge in [-0.25, -0.2) is 0 Å². The molecule has 0 aromatic carbocycles. The second-order valence-corrected chi connectivity index (χ2v) is 2.93. The van der Waals surface area contributed by atoms with Crippen LogP contribution in [0.3, 0.4) is 0 Å². The van der Waals surface area contributed by atoms with Crippen molar-refractivity contribution in [3.8, 4) is 0 Å². The molecule has 0 bridgehead atoms. The highest BCUT2D eigenvalue weighted by Crippen LogP contribution is 2.19. The first kappa shape index (κ1) is 6.54. The Labute approximate surface area is 68.7 Å². The average Bonchev–Trinajstić information content (AvgIpc) is 2.58. The van der Waals surface area contributed by atoms with Gasteiger partial charge in [0.15, 0.2) is 0 Å². The summed E-state index contributed by atoms with van der Waals surface area (Å²) < 4.78 is 0. The van der Waals surface area contributed by atoms with Gasteiger partial charge in [0.25, 0.3) is 0 Å². The van der Waals surface area contributed by atoms with E-state index in [1.165, 1.54) is 5.69 Å². The van der Waals surface area contributed by atoms with E-state index in [1.807, 2.05) is 11.1 Å². The van der Waals surface area contributed by atoms with E-state index in [1.54, 1.807) is 17.5 Å². The van der Waals surface area contributed by atoms with Crippen molar-refractivity contribution in [1.82, 2.24) is 0 Å². The van der Waals surface area contributed by atoms with Gasteiger partial charge < -0.3 is 4.90 Å². The number of hydrogen-bond donors (Lipinski definition) is 0. The number of azo groups is 1. The lowest BCUT2D eigenvalue weighted by atomic mass is 10.5. The summed E-state index contributed by atoms with van der Waals surface area (Å²) in [6.45, 7) is 0.632. The summed E-state index contributed by atoms with van der Waals surface area (Å²) >= 11 is 1.69. The van der Waals surface area contributed by atoms with Crippen LogP contribution in [0.1, 0.15) is 0 Å². The van der Waals surface area contributed by atoms with Gasteiger partial charge in [-0.3, -0.25) is 0 Å².